The van der Waals surface area contributed by atoms with Crippen molar-refractivity contribution in [3.05, 3.63) is 41.0 Å². The minimum absolute atomic E-state index is 0.0744. The lowest BCUT2D eigenvalue weighted by molar-refractivity contribution is -0.136. The molecule has 0 bridgehead atoms. The van der Waals surface area contributed by atoms with Crippen molar-refractivity contribution in [2.75, 3.05) is 18.5 Å². The number of aliphatic carboxylic acids is 1. The highest BCUT2D eigenvalue weighted by molar-refractivity contribution is 7.17. The van der Waals surface area contributed by atoms with Gasteiger partial charge in [-0.25, -0.2) is 9.97 Å². The van der Waals surface area contributed by atoms with Gasteiger partial charge in [0.25, 0.3) is 0 Å². The number of carboxylic acids is 1. The summed E-state index contributed by atoms with van der Waals surface area (Å²) in [4.78, 5) is 22.5. The fourth-order valence-electron chi connectivity index (χ4n) is 2.83. The van der Waals surface area contributed by atoms with E-state index in [1.807, 2.05) is 11.9 Å². The van der Waals surface area contributed by atoms with Gasteiger partial charge in [0, 0.05) is 24.5 Å². The third-order valence-corrected chi connectivity index (χ3v) is 4.93. The van der Waals surface area contributed by atoms with Gasteiger partial charge in [-0.2, -0.15) is 0 Å². The second-order valence-electron chi connectivity index (χ2n) is 5.91. The third kappa shape index (κ3) is 3.10. The van der Waals surface area contributed by atoms with Gasteiger partial charge in [-0.15, -0.1) is 11.3 Å². The highest BCUT2D eigenvalue weighted by Gasteiger charge is 2.17. The summed E-state index contributed by atoms with van der Waals surface area (Å²) >= 11 is 1.58. The maximum Gasteiger partial charge on any atom is 0.305 e. The molecule has 0 radical (unpaired) electrons. The van der Waals surface area contributed by atoms with Crippen molar-refractivity contribution in [3.63, 3.8) is 0 Å². The van der Waals surface area contributed by atoms with Gasteiger partial charge in [-0.3, -0.25) is 4.79 Å². The van der Waals surface area contributed by atoms with E-state index in [4.69, 9.17) is 5.11 Å². The second-order valence-corrected chi connectivity index (χ2v) is 6.77. The molecule has 1 N–H and O–H groups in total. The molecule has 0 aliphatic heterocycles. The topological polar surface area (TPSA) is 66.3 Å². The van der Waals surface area contributed by atoms with Crippen LogP contribution in [0.5, 0.6) is 0 Å². The molecule has 0 aliphatic carbocycles. The number of aryl methyl sites for hydroxylation is 2. The SMILES string of the molecule is Cc1ccc(-c2csc3ncnc(N(C)CCC(=O)O)c23)c(C)c1. The summed E-state index contributed by atoms with van der Waals surface area (Å²) in [6.45, 7) is 4.59. The number of carbonyl (C=O) groups is 1. The van der Waals surface area contributed by atoms with Gasteiger partial charge in [0.05, 0.1) is 11.8 Å². The fraction of sp³-hybridized carbons (Fsp3) is 0.278. The molecule has 3 rings (SSSR count). The number of thiophene rings is 1. The summed E-state index contributed by atoms with van der Waals surface area (Å²) in [6, 6.07) is 6.39. The number of hydrogen-bond acceptors (Lipinski definition) is 5. The van der Waals surface area contributed by atoms with Gasteiger partial charge in [-0.1, -0.05) is 23.8 Å². The number of fused-ring (bicyclic) bond motifs is 1. The van der Waals surface area contributed by atoms with Crippen LogP contribution in [-0.2, 0) is 4.79 Å². The van der Waals surface area contributed by atoms with Crippen LogP contribution in [0, 0.1) is 13.8 Å². The molecular formula is C18H19N3O2S. The number of rotatable bonds is 5. The lowest BCUT2D eigenvalue weighted by Gasteiger charge is -2.18. The molecule has 24 heavy (non-hydrogen) atoms. The van der Waals surface area contributed by atoms with Crippen LogP contribution >= 0.6 is 11.3 Å². The summed E-state index contributed by atoms with van der Waals surface area (Å²) in [5.41, 5.74) is 4.70. The summed E-state index contributed by atoms with van der Waals surface area (Å²) < 4.78 is 0. The monoisotopic (exact) mass is 341 g/mol. The lowest BCUT2D eigenvalue weighted by atomic mass is 9.99. The number of nitrogens with zero attached hydrogens (tertiary/aromatic N) is 3. The summed E-state index contributed by atoms with van der Waals surface area (Å²) in [5, 5.41) is 12.0. The average molecular weight is 341 g/mol. The summed E-state index contributed by atoms with van der Waals surface area (Å²) in [6.07, 6.45) is 1.61. The second kappa shape index (κ2) is 6.57. The molecule has 5 nitrogen and oxygen atoms in total. The van der Waals surface area contributed by atoms with E-state index in [2.05, 4.69) is 47.4 Å². The van der Waals surface area contributed by atoms with Crippen LogP contribution in [0.2, 0.25) is 0 Å². The smallest absolute Gasteiger partial charge is 0.305 e. The first-order chi connectivity index (χ1) is 11.5. The molecular weight excluding hydrogens is 322 g/mol. The molecule has 0 aliphatic rings. The Labute approximate surface area is 144 Å². The molecule has 0 fully saturated rings. The highest BCUT2D eigenvalue weighted by Crippen LogP contribution is 2.38. The van der Waals surface area contributed by atoms with E-state index in [1.165, 1.54) is 17.5 Å². The molecule has 124 valence electrons. The molecule has 0 amide bonds. The van der Waals surface area contributed by atoms with Crippen molar-refractivity contribution in [1.82, 2.24) is 9.97 Å². The van der Waals surface area contributed by atoms with Crippen molar-refractivity contribution in [2.24, 2.45) is 0 Å². The number of benzene rings is 1. The first kappa shape index (κ1) is 16.4. The van der Waals surface area contributed by atoms with Gasteiger partial charge in [0.2, 0.25) is 0 Å². The van der Waals surface area contributed by atoms with Gasteiger partial charge in [0.15, 0.2) is 0 Å². The fourth-order valence-corrected chi connectivity index (χ4v) is 3.73. The van der Waals surface area contributed by atoms with Gasteiger partial charge in [0.1, 0.15) is 17.0 Å². The molecule has 3 aromatic rings. The minimum atomic E-state index is -0.813. The third-order valence-electron chi connectivity index (χ3n) is 4.04. The largest absolute Gasteiger partial charge is 0.481 e. The zero-order valence-electron chi connectivity index (χ0n) is 13.9. The highest BCUT2D eigenvalue weighted by atomic mass is 32.1. The number of carboxylic acid groups (broad SMARTS) is 1. The number of anilines is 1. The van der Waals surface area contributed by atoms with Crippen LogP contribution in [0.25, 0.3) is 21.3 Å². The van der Waals surface area contributed by atoms with Crippen LogP contribution in [0.4, 0.5) is 5.82 Å². The zero-order valence-corrected chi connectivity index (χ0v) is 14.7. The molecule has 0 atom stereocenters. The molecule has 0 spiro atoms. The van der Waals surface area contributed by atoms with Crippen LogP contribution in [0.3, 0.4) is 0 Å². The van der Waals surface area contributed by atoms with E-state index in [0.717, 1.165) is 27.2 Å². The van der Waals surface area contributed by atoms with Gasteiger partial charge >= 0.3 is 5.97 Å². The number of hydrogen-bond donors (Lipinski definition) is 1. The van der Waals surface area contributed by atoms with Gasteiger partial charge in [-0.05, 0) is 25.0 Å². The Morgan fingerprint density at radius 1 is 1.25 bits per heavy atom. The van der Waals surface area contributed by atoms with E-state index >= 15 is 0 Å². The van der Waals surface area contributed by atoms with Crippen LogP contribution in [0.1, 0.15) is 17.5 Å². The predicted octanol–water partition coefficient (Wildman–Crippen LogP) is 3.89. The Balaban J connectivity index is 2.12. The van der Waals surface area contributed by atoms with Gasteiger partial charge < -0.3 is 10.0 Å². The number of aromatic nitrogens is 2. The first-order valence-corrected chi connectivity index (χ1v) is 8.58. The van der Waals surface area contributed by atoms with Crippen molar-refractivity contribution in [2.45, 2.75) is 20.3 Å². The molecule has 0 unspecified atom stereocenters. The predicted molar refractivity (Wildman–Crippen MR) is 97.8 cm³/mol. The lowest BCUT2D eigenvalue weighted by Crippen LogP contribution is -2.22. The zero-order chi connectivity index (χ0) is 17.3. The molecule has 2 aromatic heterocycles. The van der Waals surface area contributed by atoms with Crippen LogP contribution in [-0.4, -0.2) is 34.6 Å². The van der Waals surface area contributed by atoms with Crippen molar-refractivity contribution >= 4 is 33.3 Å². The van der Waals surface area contributed by atoms with Crippen LogP contribution in [0.15, 0.2) is 29.9 Å². The summed E-state index contributed by atoms with van der Waals surface area (Å²) in [5.74, 6) is -0.0375. The van der Waals surface area contributed by atoms with E-state index in [9.17, 15) is 4.79 Å². The Morgan fingerprint density at radius 3 is 2.75 bits per heavy atom. The Bertz CT molecular complexity index is 904. The van der Waals surface area contributed by atoms with Crippen molar-refractivity contribution in [3.8, 4) is 11.1 Å². The standard InChI is InChI=1S/C18H19N3O2S/c1-11-4-5-13(12(2)8-11)14-9-24-18-16(14)17(19-10-20-18)21(3)7-6-15(22)23/h4-5,8-10H,6-7H2,1-3H3,(H,22,23). The van der Waals surface area contributed by atoms with Crippen molar-refractivity contribution in [1.29, 1.82) is 0 Å². The Hall–Kier alpha value is -2.47. The molecule has 1 aromatic carbocycles. The van der Waals surface area contributed by atoms with Crippen molar-refractivity contribution < 1.29 is 9.90 Å². The Morgan fingerprint density at radius 2 is 2.04 bits per heavy atom. The normalized spacial score (nSPS) is 11.0. The van der Waals surface area contributed by atoms with E-state index in [-0.39, 0.29) is 6.42 Å². The average Bonchev–Trinajstić information content (AvgIpc) is 2.96. The van der Waals surface area contributed by atoms with E-state index in [0.29, 0.717) is 6.54 Å². The first-order valence-electron chi connectivity index (χ1n) is 7.70. The molecule has 0 saturated carbocycles. The van der Waals surface area contributed by atoms with E-state index < -0.39 is 5.97 Å². The Kier molecular flexibility index (Phi) is 4.49. The molecule has 6 heteroatoms. The maximum absolute atomic E-state index is 10.9. The van der Waals surface area contributed by atoms with Crippen LogP contribution < -0.4 is 4.90 Å². The molecule has 2 heterocycles. The maximum atomic E-state index is 10.9. The molecule has 0 saturated heterocycles. The van der Waals surface area contributed by atoms with E-state index in [1.54, 1.807) is 11.3 Å². The summed E-state index contributed by atoms with van der Waals surface area (Å²) in [7, 11) is 1.87. The quantitative estimate of drug-likeness (QED) is 0.763. The minimum Gasteiger partial charge on any atom is -0.481 e.